The molecule has 9 heteroatoms. The predicted molar refractivity (Wildman–Crippen MR) is 126 cm³/mol. The molecule has 0 radical (unpaired) electrons. The number of benzene rings is 1. The molecule has 4 bridgehead atoms. The molecule has 1 aromatic carbocycles. The summed E-state index contributed by atoms with van der Waals surface area (Å²) in [6.45, 7) is 6.08. The van der Waals surface area contributed by atoms with Crippen LogP contribution in [0.25, 0.3) is 0 Å². The van der Waals surface area contributed by atoms with Gasteiger partial charge >= 0.3 is 12.2 Å². The number of methoxy groups -OCH3 is 1. The number of nitrogens with zero attached hydrogens (tertiary/aromatic N) is 1. The Morgan fingerprint density at radius 3 is 2.61 bits per heavy atom. The standard InChI is InChI=1S/C27H31NO8/c1-5-33-23(30)28-12-11-26-20-16-7-8-18(35-24(31)34-6-2)21(20)36-22(26)27(32-4)10-9-25(26,19(28)13-16)14-17(27)15(3)29/h7-10,17,19,22H,5-6,11-14H2,1-4H3/t17-,19?,22-,25?,26+,27?/m1/s1. The third-order valence-electron chi connectivity index (χ3n) is 9.24. The van der Waals surface area contributed by atoms with Crippen LogP contribution >= 0.6 is 0 Å². The van der Waals surface area contributed by atoms with Crippen molar-refractivity contribution in [3.05, 3.63) is 35.4 Å². The van der Waals surface area contributed by atoms with E-state index in [1.54, 1.807) is 33.9 Å². The number of rotatable bonds is 5. The fraction of sp³-hybridized carbons (Fsp3) is 0.593. The fourth-order valence-electron chi connectivity index (χ4n) is 8.03. The summed E-state index contributed by atoms with van der Waals surface area (Å²) in [4.78, 5) is 40.2. The van der Waals surface area contributed by atoms with Crippen LogP contribution in [0.5, 0.6) is 11.5 Å². The molecule has 1 saturated heterocycles. The van der Waals surface area contributed by atoms with Gasteiger partial charge < -0.3 is 28.6 Å². The van der Waals surface area contributed by atoms with Crippen molar-refractivity contribution >= 4 is 18.0 Å². The van der Waals surface area contributed by atoms with Crippen LogP contribution in [0.4, 0.5) is 9.59 Å². The topological polar surface area (TPSA) is 101 Å². The van der Waals surface area contributed by atoms with Crippen LogP contribution in [0.15, 0.2) is 24.3 Å². The number of carbonyl (C=O) groups is 3. The summed E-state index contributed by atoms with van der Waals surface area (Å²) in [5.41, 5.74) is -0.0326. The number of fused-ring (bicyclic) bond motifs is 1. The van der Waals surface area contributed by atoms with Crippen molar-refractivity contribution in [1.29, 1.82) is 0 Å². The van der Waals surface area contributed by atoms with Crippen LogP contribution in [0.1, 0.15) is 44.7 Å². The Morgan fingerprint density at radius 1 is 1.14 bits per heavy atom. The molecule has 2 fully saturated rings. The summed E-state index contributed by atoms with van der Waals surface area (Å²) in [5, 5.41) is 0. The van der Waals surface area contributed by atoms with Gasteiger partial charge in [-0.05, 0) is 51.7 Å². The Kier molecular flexibility index (Phi) is 5.00. The van der Waals surface area contributed by atoms with E-state index in [1.165, 1.54) is 0 Å². The van der Waals surface area contributed by atoms with E-state index in [0.717, 1.165) is 11.1 Å². The predicted octanol–water partition coefficient (Wildman–Crippen LogP) is 3.56. The van der Waals surface area contributed by atoms with Gasteiger partial charge in [0.15, 0.2) is 11.5 Å². The molecule has 192 valence electrons. The second kappa shape index (κ2) is 7.71. The van der Waals surface area contributed by atoms with Crippen LogP contribution in [0.2, 0.25) is 0 Å². The average Bonchev–Trinajstić information content (AvgIpc) is 3.22. The first-order valence-corrected chi connectivity index (χ1v) is 12.7. The van der Waals surface area contributed by atoms with Crippen molar-refractivity contribution in [3.63, 3.8) is 0 Å². The van der Waals surface area contributed by atoms with Gasteiger partial charge in [-0.3, -0.25) is 4.79 Å². The number of ketones is 1. The Bertz CT molecular complexity index is 1190. The number of hydrogen-bond donors (Lipinski definition) is 0. The average molecular weight is 498 g/mol. The van der Waals surface area contributed by atoms with Crippen LogP contribution < -0.4 is 9.47 Å². The van der Waals surface area contributed by atoms with E-state index in [1.807, 2.05) is 17.0 Å². The van der Waals surface area contributed by atoms with Gasteiger partial charge in [-0.1, -0.05) is 18.2 Å². The Hall–Kier alpha value is -3.07. The maximum absolute atomic E-state index is 13.1. The molecule has 2 heterocycles. The van der Waals surface area contributed by atoms with Crippen LogP contribution in [0, 0.1) is 11.3 Å². The molecule has 6 atom stereocenters. The number of piperidine rings is 1. The highest BCUT2D eigenvalue weighted by molar-refractivity contribution is 5.83. The first-order chi connectivity index (χ1) is 17.3. The lowest BCUT2D eigenvalue weighted by molar-refractivity contribution is -0.211. The summed E-state index contributed by atoms with van der Waals surface area (Å²) in [5.74, 6) is 0.375. The molecular weight excluding hydrogens is 466 g/mol. The number of amides is 1. The Morgan fingerprint density at radius 2 is 1.92 bits per heavy atom. The van der Waals surface area contributed by atoms with Crippen molar-refractivity contribution in [3.8, 4) is 11.5 Å². The zero-order valence-electron chi connectivity index (χ0n) is 21.0. The molecule has 7 rings (SSSR count). The Labute approximate surface area is 209 Å². The third kappa shape index (κ3) is 2.57. The molecule has 4 aliphatic carbocycles. The molecule has 2 aliphatic heterocycles. The van der Waals surface area contributed by atoms with Gasteiger partial charge in [0.25, 0.3) is 0 Å². The monoisotopic (exact) mass is 497 g/mol. The molecule has 1 aromatic rings. The molecule has 0 aromatic heterocycles. The summed E-state index contributed by atoms with van der Waals surface area (Å²) >= 11 is 0. The van der Waals surface area contributed by atoms with E-state index >= 15 is 0 Å². The molecule has 9 nitrogen and oxygen atoms in total. The molecule has 1 amide bonds. The molecule has 36 heavy (non-hydrogen) atoms. The zero-order valence-corrected chi connectivity index (χ0v) is 21.0. The number of likely N-dealkylation sites (tertiary alicyclic amines) is 1. The number of hydrogen-bond acceptors (Lipinski definition) is 8. The minimum Gasteiger partial charge on any atom is -0.482 e. The second-order valence-corrected chi connectivity index (χ2v) is 10.3. The highest BCUT2D eigenvalue weighted by Gasteiger charge is 2.80. The van der Waals surface area contributed by atoms with E-state index in [4.69, 9.17) is 23.7 Å². The van der Waals surface area contributed by atoms with E-state index < -0.39 is 34.6 Å². The lowest BCUT2D eigenvalue weighted by Gasteiger charge is -2.70. The highest BCUT2D eigenvalue weighted by Crippen LogP contribution is 2.74. The Balaban J connectivity index is 1.58. The zero-order chi connectivity index (χ0) is 25.5. The highest BCUT2D eigenvalue weighted by atomic mass is 16.7. The van der Waals surface area contributed by atoms with E-state index in [0.29, 0.717) is 43.9 Å². The largest absolute Gasteiger partial charge is 0.513 e. The molecule has 6 aliphatic rings. The number of ether oxygens (including phenoxy) is 5. The number of Topliss-reactive ketones (excluding diaryl/α,β-unsaturated/α-hetero) is 1. The maximum atomic E-state index is 13.1. The van der Waals surface area contributed by atoms with Gasteiger partial charge in [-0.2, -0.15) is 0 Å². The summed E-state index contributed by atoms with van der Waals surface area (Å²) < 4.78 is 29.0. The van der Waals surface area contributed by atoms with Gasteiger partial charge in [0.1, 0.15) is 17.5 Å². The summed E-state index contributed by atoms with van der Waals surface area (Å²) in [6.07, 6.45) is 4.22. The van der Waals surface area contributed by atoms with E-state index in [9.17, 15) is 14.4 Å². The first kappa shape index (κ1) is 23.3. The summed E-state index contributed by atoms with van der Waals surface area (Å²) in [7, 11) is 1.62. The molecular formula is C27H31NO8. The smallest absolute Gasteiger partial charge is 0.482 e. The molecule has 0 N–H and O–H groups in total. The third-order valence-corrected chi connectivity index (χ3v) is 9.24. The van der Waals surface area contributed by atoms with Gasteiger partial charge in [-0.15, -0.1) is 0 Å². The lowest BCUT2D eigenvalue weighted by atomic mass is 9.37. The minimum absolute atomic E-state index is 0.0181. The van der Waals surface area contributed by atoms with Crippen LogP contribution in [-0.4, -0.2) is 67.5 Å². The maximum Gasteiger partial charge on any atom is 0.513 e. The SMILES string of the molecule is CCOC(=O)Oc1ccc2c3c1O[C@H]1C4(OC)C=CC5(C[C@@H]4C(C)=O)C(C2)N(C(=O)OCC)CC[C@]315. The van der Waals surface area contributed by atoms with Crippen LogP contribution in [0.3, 0.4) is 0 Å². The number of carbonyl (C=O) groups excluding carboxylic acids is 3. The normalized spacial score (nSPS) is 36.1. The lowest BCUT2D eigenvalue weighted by Crippen LogP contribution is -2.80. The van der Waals surface area contributed by atoms with Gasteiger partial charge in [0, 0.05) is 30.7 Å². The van der Waals surface area contributed by atoms with Crippen molar-refractivity contribution in [2.24, 2.45) is 11.3 Å². The van der Waals surface area contributed by atoms with Crippen molar-refractivity contribution in [1.82, 2.24) is 4.90 Å². The quantitative estimate of drug-likeness (QED) is 0.346. The van der Waals surface area contributed by atoms with Gasteiger partial charge in [0.2, 0.25) is 0 Å². The summed E-state index contributed by atoms with van der Waals surface area (Å²) in [6, 6.07) is 3.46. The molecule has 2 spiro atoms. The van der Waals surface area contributed by atoms with E-state index in [2.05, 4.69) is 6.08 Å². The molecule has 3 unspecified atom stereocenters. The van der Waals surface area contributed by atoms with E-state index in [-0.39, 0.29) is 24.5 Å². The minimum atomic E-state index is -0.973. The van der Waals surface area contributed by atoms with Gasteiger partial charge in [0.05, 0.1) is 24.5 Å². The fourth-order valence-corrected chi connectivity index (χ4v) is 8.03. The van der Waals surface area contributed by atoms with Crippen molar-refractivity contribution in [2.45, 2.75) is 63.2 Å². The van der Waals surface area contributed by atoms with Crippen LogP contribution in [-0.2, 0) is 30.8 Å². The first-order valence-electron chi connectivity index (χ1n) is 12.7. The van der Waals surface area contributed by atoms with Crippen molar-refractivity contribution < 1.29 is 38.1 Å². The van der Waals surface area contributed by atoms with Gasteiger partial charge in [-0.25, -0.2) is 9.59 Å². The van der Waals surface area contributed by atoms with Crippen molar-refractivity contribution in [2.75, 3.05) is 26.9 Å². The molecule has 1 saturated carbocycles. The second-order valence-electron chi connectivity index (χ2n) is 10.3.